The number of hydrogen-bond acceptors (Lipinski definition) is 5. The summed E-state index contributed by atoms with van der Waals surface area (Å²) in [5.74, 6) is -2.34. The minimum Gasteiger partial charge on any atom is -0.481 e. The van der Waals surface area contributed by atoms with Crippen molar-refractivity contribution in [2.45, 2.75) is 118 Å². The molecule has 14 heteroatoms. The van der Waals surface area contributed by atoms with Gasteiger partial charge in [-0.3, -0.25) is 23.7 Å². The van der Waals surface area contributed by atoms with Crippen molar-refractivity contribution in [3.63, 3.8) is 0 Å². The molecule has 4 aliphatic carbocycles. The number of fused-ring (bicyclic) bond motifs is 10. The van der Waals surface area contributed by atoms with Gasteiger partial charge in [0.05, 0.1) is 31.6 Å². The quantitative estimate of drug-likeness (QED) is 0.161. The van der Waals surface area contributed by atoms with Gasteiger partial charge in [-0.15, -0.1) is 0 Å². The summed E-state index contributed by atoms with van der Waals surface area (Å²) in [6.45, 7) is 13.5. The van der Waals surface area contributed by atoms with E-state index in [0.29, 0.717) is 17.0 Å². The Kier molecular flexibility index (Phi) is 11.0. The topological polar surface area (TPSA) is 109 Å². The molecule has 0 amide bonds. The van der Waals surface area contributed by atoms with Crippen molar-refractivity contribution in [2.24, 2.45) is 10.8 Å². The molecule has 4 bridgehead atoms. The van der Waals surface area contributed by atoms with Gasteiger partial charge in [0.25, 0.3) is 16.7 Å². The highest BCUT2D eigenvalue weighted by Crippen LogP contribution is 2.68. The SMILES string of the molecule is C.C.CC1(C)[C@H]2CC[C@]1(C)c1c2c(=O)n(-c2ccc(F)cc2F)n1Cc1ccc[nH]c1=O.COc1ncccc1Cn1c2c(c(=O)n1-c1ccc(F)cc1F)[C@@H]1CC[C@@]2(C)C1(C)C. The monoisotopic (exact) mass is 868 g/mol. The average Bonchev–Trinajstić information content (AvgIpc) is 3.91. The Labute approximate surface area is 364 Å². The third-order valence-electron chi connectivity index (χ3n) is 15.4. The highest BCUT2D eigenvalue weighted by Gasteiger charge is 2.64. The molecule has 2 saturated carbocycles. The summed E-state index contributed by atoms with van der Waals surface area (Å²) in [6.07, 6.45) is 6.88. The summed E-state index contributed by atoms with van der Waals surface area (Å²) in [4.78, 5) is 46.6. The first kappa shape index (κ1) is 45.1. The number of pyridine rings is 2. The van der Waals surface area contributed by atoms with Crippen molar-refractivity contribution in [3.05, 3.63) is 161 Å². The maximum absolute atomic E-state index is 14.9. The molecule has 0 spiro atoms. The number of aromatic amines is 1. The average molecular weight is 869 g/mol. The Morgan fingerprint density at radius 1 is 0.683 bits per heavy atom. The van der Waals surface area contributed by atoms with Crippen molar-refractivity contribution >= 4 is 0 Å². The van der Waals surface area contributed by atoms with Crippen molar-refractivity contribution in [1.29, 1.82) is 0 Å². The molecule has 4 heterocycles. The summed E-state index contributed by atoms with van der Waals surface area (Å²) in [5, 5.41) is 0. The fraction of sp³-hybridized carbons (Fsp3) is 0.429. The molecule has 2 aromatic carbocycles. The summed E-state index contributed by atoms with van der Waals surface area (Å²) in [6, 6.07) is 13.6. The maximum Gasteiger partial charge on any atom is 0.275 e. The predicted octanol–water partition coefficient (Wildman–Crippen LogP) is 9.64. The molecule has 0 radical (unpaired) electrons. The number of nitrogens with zero attached hydrogens (tertiary/aromatic N) is 5. The van der Waals surface area contributed by atoms with E-state index in [0.717, 1.165) is 66.4 Å². The molecule has 334 valence electrons. The van der Waals surface area contributed by atoms with Crippen molar-refractivity contribution in [1.82, 2.24) is 28.7 Å². The van der Waals surface area contributed by atoms with Crippen LogP contribution in [0.3, 0.4) is 0 Å². The van der Waals surface area contributed by atoms with Gasteiger partial charge in [-0.1, -0.05) is 68.5 Å². The Hall–Kier alpha value is -5.92. The first-order chi connectivity index (χ1) is 28.9. The van der Waals surface area contributed by atoms with Crippen molar-refractivity contribution in [2.75, 3.05) is 7.11 Å². The normalized spacial score (nSPS) is 22.7. The maximum atomic E-state index is 14.9. The van der Waals surface area contributed by atoms with Gasteiger partial charge >= 0.3 is 0 Å². The van der Waals surface area contributed by atoms with Gasteiger partial charge in [-0.25, -0.2) is 31.9 Å². The van der Waals surface area contributed by atoms with E-state index in [-0.39, 0.29) is 89.5 Å². The van der Waals surface area contributed by atoms with E-state index in [2.05, 4.69) is 51.5 Å². The molecule has 0 saturated heterocycles. The van der Waals surface area contributed by atoms with Crippen LogP contribution in [0.1, 0.15) is 128 Å². The molecule has 0 aliphatic heterocycles. The minimum atomic E-state index is -0.812. The second-order valence-electron chi connectivity index (χ2n) is 18.6. The molecule has 4 atom stereocenters. The van der Waals surface area contributed by atoms with E-state index in [4.69, 9.17) is 4.74 Å². The van der Waals surface area contributed by atoms with Gasteiger partial charge in [-0.2, -0.15) is 0 Å². The van der Waals surface area contributed by atoms with Crippen LogP contribution < -0.4 is 21.4 Å². The van der Waals surface area contributed by atoms with Crippen LogP contribution in [-0.2, 0) is 23.9 Å². The number of halogens is 4. The van der Waals surface area contributed by atoms with Gasteiger partial charge in [0.1, 0.15) is 23.0 Å². The van der Waals surface area contributed by atoms with Gasteiger partial charge in [0.15, 0.2) is 11.6 Å². The lowest BCUT2D eigenvalue weighted by Gasteiger charge is -2.36. The zero-order chi connectivity index (χ0) is 43.6. The fourth-order valence-electron chi connectivity index (χ4n) is 11.5. The molecular weight excluding hydrogens is 813 g/mol. The van der Waals surface area contributed by atoms with E-state index < -0.39 is 23.3 Å². The molecule has 2 fully saturated rings. The predicted molar refractivity (Wildman–Crippen MR) is 236 cm³/mol. The molecule has 63 heavy (non-hydrogen) atoms. The first-order valence-corrected chi connectivity index (χ1v) is 20.6. The largest absolute Gasteiger partial charge is 0.481 e. The van der Waals surface area contributed by atoms with Gasteiger partial charge in [0.2, 0.25) is 5.88 Å². The van der Waals surface area contributed by atoms with E-state index in [1.807, 2.05) is 10.7 Å². The van der Waals surface area contributed by atoms with Gasteiger partial charge in [0, 0.05) is 57.6 Å². The second-order valence-corrected chi connectivity index (χ2v) is 18.6. The van der Waals surface area contributed by atoms with E-state index in [1.54, 1.807) is 42.4 Å². The zero-order valence-corrected chi connectivity index (χ0v) is 35.2. The van der Waals surface area contributed by atoms with Crippen molar-refractivity contribution < 1.29 is 22.3 Å². The summed E-state index contributed by atoms with van der Waals surface area (Å²) < 4.78 is 68.4. The van der Waals surface area contributed by atoms with Crippen molar-refractivity contribution in [3.8, 4) is 17.3 Å². The Balaban J connectivity index is 0.000000183. The standard InChI is InChI=1S/C24H25F2N3O2.C23H23F2N3O2.2CH4/c1-23(2)16-9-10-24(23,3)20-19(16)22(30)29(18-8-7-15(25)12-17(18)26)28(20)13-14-6-5-11-27-21(14)31-4;1-22(2)15-8-9-23(22,3)19-18(15)21(30)28(17-7-6-14(24)11-16(17)25)27(19)12-13-5-4-10-26-20(13)29;;/h5-8,11-12,16H,9-10,13H2,1-4H3;4-7,10-11,15H,8-9,12H2,1-3H3,(H,26,29);2*1H4/t16-,24+;15-,23+;;/m00../s1. The molecular formula is C49H56F4N6O4. The number of aromatic nitrogens is 6. The van der Waals surface area contributed by atoms with Gasteiger partial charge < -0.3 is 9.72 Å². The fourth-order valence-corrected chi connectivity index (χ4v) is 11.5. The molecule has 10 nitrogen and oxygen atoms in total. The van der Waals surface area contributed by atoms with Crippen LogP contribution in [0.2, 0.25) is 0 Å². The van der Waals surface area contributed by atoms with Crippen LogP contribution in [-0.4, -0.2) is 35.8 Å². The molecule has 0 unspecified atom stereocenters. The van der Waals surface area contributed by atoms with Crippen LogP contribution in [0.4, 0.5) is 17.6 Å². The third-order valence-corrected chi connectivity index (χ3v) is 15.4. The van der Waals surface area contributed by atoms with E-state index >= 15 is 0 Å². The number of methoxy groups -OCH3 is 1. The lowest BCUT2D eigenvalue weighted by molar-refractivity contribution is 0.216. The molecule has 6 aromatic rings. The highest BCUT2D eigenvalue weighted by molar-refractivity contribution is 5.50. The van der Waals surface area contributed by atoms with Gasteiger partial charge in [-0.05, 0) is 84.7 Å². The van der Waals surface area contributed by atoms with Crippen LogP contribution in [0.5, 0.6) is 5.88 Å². The summed E-state index contributed by atoms with van der Waals surface area (Å²) in [7, 11) is 1.55. The van der Waals surface area contributed by atoms with Crippen LogP contribution in [0, 0.1) is 34.1 Å². The Morgan fingerprint density at radius 3 is 1.59 bits per heavy atom. The smallest absolute Gasteiger partial charge is 0.275 e. The lowest BCUT2D eigenvalue weighted by atomic mass is 9.70. The van der Waals surface area contributed by atoms with Crippen LogP contribution >= 0.6 is 0 Å². The minimum absolute atomic E-state index is 0. The van der Waals surface area contributed by atoms with E-state index in [1.165, 1.54) is 27.6 Å². The van der Waals surface area contributed by atoms with E-state index in [9.17, 15) is 31.9 Å². The highest BCUT2D eigenvalue weighted by atomic mass is 19.1. The summed E-state index contributed by atoms with van der Waals surface area (Å²) in [5.41, 5.74) is 3.04. The lowest BCUT2D eigenvalue weighted by Crippen LogP contribution is -2.36. The number of nitrogens with one attached hydrogen (secondary N) is 1. The number of H-pyrrole nitrogens is 1. The molecule has 4 aromatic heterocycles. The third kappa shape index (κ3) is 6.24. The number of hydrogen-bond donors (Lipinski definition) is 1. The van der Waals surface area contributed by atoms with Crippen LogP contribution in [0.15, 0.2) is 87.4 Å². The molecule has 1 N–H and O–H groups in total. The molecule has 4 aliphatic rings. The Bertz CT molecular complexity index is 2960. The molecule has 10 rings (SSSR count). The first-order valence-electron chi connectivity index (χ1n) is 20.6. The Morgan fingerprint density at radius 2 is 1.14 bits per heavy atom. The number of rotatable bonds is 7. The zero-order valence-electron chi connectivity index (χ0n) is 35.2. The summed E-state index contributed by atoms with van der Waals surface area (Å²) >= 11 is 0. The van der Waals surface area contributed by atoms with Crippen LogP contribution in [0.25, 0.3) is 11.4 Å². The number of ether oxygens (including phenoxy) is 1. The number of benzene rings is 2. The second kappa shape index (κ2) is 15.4.